The van der Waals surface area contributed by atoms with Crippen molar-refractivity contribution in [1.82, 2.24) is 9.55 Å². The summed E-state index contributed by atoms with van der Waals surface area (Å²) in [6.07, 6.45) is 0. The summed E-state index contributed by atoms with van der Waals surface area (Å²) in [7, 11) is 0. The van der Waals surface area contributed by atoms with Crippen LogP contribution in [-0.4, -0.2) is 9.55 Å². The van der Waals surface area contributed by atoms with E-state index in [1.54, 1.807) is 0 Å². The molecule has 0 aliphatic heterocycles. The molecule has 2 N–H and O–H groups in total. The van der Waals surface area contributed by atoms with Gasteiger partial charge < -0.3 is 10.3 Å². The predicted molar refractivity (Wildman–Crippen MR) is 93.9 cm³/mol. The largest absolute Gasteiger partial charge is 0.383 e. The molecule has 2 rings (SSSR count). The Morgan fingerprint density at radius 2 is 1.90 bits per heavy atom. The maximum Gasteiger partial charge on any atom is 0.131 e. The quantitative estimate of drug-likeness (QED) is 0.766. The first-order chi connectivity index (χ1) is 9.62. The van der Waals surface area contributed by atoms with Crippen LogP contribution in [0.1, 0.15) is 46.5 Å². The first kappa shape index (κ1) is 16.4. The number of hydrogen-bond donors (Lipinski definition) is 1. The number of nitrogens with two attached hydrogens (primary N) is 1. The fourth-order valence-corrected chi connectivity index (χ4v) is 2.78. The maximum atomic E-state index is 6.37. The topological polar surface area (TPSA) is 43.8 Å². The third-order valence-corrected chi connectivity index (χ3v) is 4.56. The first-order valence-electron chi connectivity index (χ1n) is 6.96. The molecule has 1 aromatic carbocycles. The number of nitrogens with zero attached hydrogens (tertiary/aromatic N) is 2. The Kier molecular flexibility index (Phi) is 4.41. The van der Waals surface area contributed by atoms with Gasteiger partial charge in [0, 0.05) is 21.5 Å². The second-order valence-electron chi connectivity index (χ2n) is 6.51. The highest BCUT2D eigenvalue weighted by Crippen LogP contribution is 2.36. The van der Waals surface area contributed by atoms with Gasteiger partial charge in [0.15, 0.2) is 0 Å². The molecule has 0 radical (unpaired) electrons. The van der Waals surface area contributed by atoms with E-state index in [0.717, 1.165) is 21.6 Å². The minimum atomic E-state index is -0.0736. The zero-order chi connectivity index (χ0) is 15.9. The van der Waals surface area contributed by atoms with Crippen molar-refractivity contribution in [3.05, 3.63) is 33.5 Å². The Morgan fingerprint density at radius 1 is 1.29 bits per heavy atom. The van der Waals surface area contributed by atoms with Crippen LogP contribution in [-0.2, 0) is 5.41 Å². The SMILES string of the molecule is CC(C)n1c(C(C)(C)C)nc(-c2ccc(Br)c(Cl)c2)c1N. The van der Waals surface area contributed by atoms with Crippen molar-refractivity contribution in [2.45, 2.75) is 46.1 Å². The van der Waals surface area contributed by atoms with Gasteiger partial charge in [-0.05, 0) is 41.9 Å². The fraction of sp³-hybridized carbons (Fsp3) is 0.438. The van der Waals surface area contributed by atoms with Crippen molar-refractivity contribution < 1.29 is 0 Å². The Hall–Kier alpha value is -1.00. The molecule has 0 aliphatic rings. The third-order valence-electron chi connectivity index (χ3n) is 3.33. The molecule has 1 aromatic heterocycles. The van der Waals surface area contributed by atoms with Crippen LogP contribution >= 0.6 is 27.5 Å². The lowest BCUT2D eigenvalue weighted by Gasteiger charge is -2.22. The smallest absolute Gasteiger partial charge is 0.131 e. The lowest BCUT2D eigenvalue weighted by molar-refractivity contribution is 0.473. The summed E-state index contributed by atoms with van der Waals surface area (Å²) >= 11 is 9.60. The molecule has 114 valence electrons. The van der Waals surface area contributed by atoms with Crippen LogP contribution in [0.5, 0.6) is 0 Å². The lowest BCUT2D eigenvalue weighted by atomic mass is 9.95. The monoisotopic (exact) mass is 369 g/mol. The summed E-state index contributed by atoms with van der Waals surface area (Å²) < 4.78 is 2.97. The van der Waals surface area contributed by atoms with Crippen molar-refractivity contribution in [3.8, 4) is 11.3 Å². The minimum absolute atomic E-state index is 0.0736. The van der Waals surface area contributed by atoms with Crippen molar-refractivity contribution in [1.29, 1.82) is 0 Å². The van der Waals surface area contributed by atoms with Gasteiger partial charge in [0.1, 0.15) is 17.3 Å². The molecule has 5 heteroatoms. The van der Waals surface area contributed by atoms with E-state index in [0.29, 0.717) is 10.8 Å². The van der Waals surface area contributed by atoms with E-state index in [9.17, 15) is 0 Å². The molecule has 0 bridgehead atoms. The highest BCUT2D eigenvalue weighted by Gasteiger charge is 2.26. The molecule has 21 heavy (non-hydrogen) atoms. The molecule has 0 unspecified atom stereocenters. The minimum Gasteiger partial charge on any atom is -0.383 e. The number of imidazole rings is 1. The van der Waals surface area contributed by atoms with E-state index in [4.69, 9.17) is 22.3 Å². The number of nitrogen functional groups attached to an aromatic ring is 1. The van der Waals surface area contributed by atoms with E-state index in [2.05, 4.69) is 55.1 Å². The Labute approximate surface area is 139 Å². The number of hydrogen-bond acceptors (Lipinski definition) is 2. The zero-order valence-corrected chi connectivity index (χ0v) is 15.4. The van der Waals surface area contributed by atoms with Crippen LogP contribution in [0.2, 0.25) is 5.02 Å². The zero-order valence-electron chi connectivity index (χ0n) is 13.0. The summed E-state index contributed by atoms with van der Waals surface area (Å²) in [5.74, 6) is 1.68. The molecular formula is C16H21BrClN3. The lowest BCUT2D eigenvalue weighted by Crippen LogP contribution is -2.21. The summed E-state index contributed by atoms with van der Waals surface area (Å²) in [6, 6.07) is 6.04. The van der Waals surface area contributed by atoms with E-state index >= 15 is 0 Å². The Bertz CT molecular complexity index is 669. The Morgan fingerprint density at radius 3 is 2.33 bits per heavy atom. The van der Waals surface area contributed by atoms with Gasteiger partial charge in [-0.15, -0.1) is 0 Å². The van der Waals surface area contributed by atoms with Gasteiger partial charge in [-0.25, -0.2) is 4.98 Å². The van der Waals surface area contributed by atoms with E-state index in [1.807, 2.05) is 18.2 Å². The summed E-state index contributed by atoms with van der Waals surface area (Å²) in [6.45, 7) is 10.7. The highest BCUT2D eigenvalue weighted by atomic mass is 79.9. The molecule has 0 spiro atoms. The molecule has 0 fully saturated rings. The van der Waals surface area contributed by atoms with Gasteiger partial charge in [-0.2, -0.15) is 0 Å². The number of benzene rings is 1. The van der Waals surface area contributed by atoms with Gasteiger partial charge in [-0.3, -0.25) is 0 Å². The van der Waals surface area contributed by atoms with E-state index in [1.165, 1.54) is 0 Å². The Balaban J connectivity index is 2.68. The average Bonchev–Trinajstić information content (AvgIpc) is 2.70. The first-order valence-corrected chi connectivity index (χ1v) is 8.13. The molecule has 1 heterocycles. The van der Waals surface area contributed by atoms with Crippen molar-refractivity contribution in [2.75, 3.05) is 5.73 Å². The second-order valence-corrected chi connectivity index (χ2v) is 7.77. The van der Waals surface area contributed by atoms with Crippen LogP contribution in [0.15, 0.2) is 22.7 Å². The number of rotatable bonds is 2. The van der Waals surface area contributed by atoms with Gasteiger partial charge in [0.05, 0.1) is 5.02 Å². The standard InChI is InChI=1S/C16H21BrClN3/c1-9(2)21-14(19)13(20-15(21)16(3,4)5)10-6-7-11(17)12(18)8-10/h6-9H,19H2,1-5H3. The van der Waals surface area contributed by atoms with Crippen LogP contribution < -0.4 is 5.73 Å². The normalized spacial score (nSPS) is 12.2. The van der Waals surface area contributed by atoms with Crippen LogP contribution in [0, 0.1) is 0 Å². The molecule has 3 nitrogen and oxygen atoms in total. The van der Waals surface area contributed by atoms with Crippen molar-refractivity contribution >= 4 is 33.3 Å². The molecular weight excluding hydrogens is 350 g/mol. The molecule has 0 saturated carbocycles. The van der Waals surface area contributed by atoms with E-state index < -0.39 is 0 Å². The average molecular weight is 371 g/mol. The van der Waals surface area contributed by atoms with Crippen molar-refractivity contribution in [2.24, 2.45) is 0 Å². The fourth-order valence-electron chi connectivity index (χ4n) is 2.35. The predicted octanol–water partition coefficient (Wildman–Crippen LogP) is 5.43. The van der Waals surface area contributed by atoms with Gasteiger partial charge in [0.25, 0.3) is 0 Å². The number of anilines is 1. The molecule has 0 aliphatic carbocycles. The van der Waals surface area contributed by atoms with Crippen molar-refractivity contribution in [3.63, 3.8) is 0 Å². The highest BCUT2D eigenvalue weighted by molar-refractivity contribution is 9.10. The second kappa shape index (κ2) is 5.65. The molecule has 0 amide bonds. The molecule has 0 saturated heterocycles. The summed E-state index contributed by atoms with van der Waals surface area (Å²) in [5, 5.41) is 0.656. The number of aromatic nitrogens is 2. The molecule has 2 aromatic rings. The third kappa shape index (κ3) is 3.11. The van der Waals surface area contributed by atoms with Crippen LogP contribution in [0.4, 0.5) is 5.82 Å². The number of halogens is 2. The van der Waals surface area contributed by atoms with E-state index in [-0.39, 0.29) is 11.5 Å². The maximum absolute atomic E-state index is 6.37. The summed E-state index contributed by atoms with van der Waals surface area (Å²) in [4.78, 5) is 4.81. The van der Waals surface area contributed by atoms with Crippen LogP contribution in [0.3, 0.4) is 0 Å². The molecule has 0 atom stereocenters. The van der Waals surface area contributed by atoms with Gasteiger partial charge >= 0.3 is 0 Å². The summed E-state index contributed by atoms with van der Waals surface area (Å²) in [5.41, 5.74) is 8.02. The van der Waals surface area contributed by atoms with Gasteiger partial charge in [-0.1, -0.05) is 38.4 Å². The van der Waals surface area contributed by atoms with Gasteiger partial charge in [0.2, 0.25) is 0 Å². The van der Waals surface area contributed by atoms with Crippen LogP contribution in [0.25, 0.3) is 11.3 Å².